The van der Waals surface area contributed by atoms with E-state index in [9.17, 15) is 0 Å². The van der Waals surface area contributed by atoms with Crippen molar-refractivity contribution in [3.8, 4) is 0 Å². The molecule has 0 amide bonds. The van der Waals surface area contributed by atoms with Gasteiger partial charge in [-0.25, -0.2) is 0 Å². The third-order valence-electron chi connectivity index (χ3n) is 4.89. The normalized spacial score (nSPS) is 40.2. The van der Waals surface area contributed by atoms with Crippen LogP contribution in [0.15, 0.2) is 0 Å². The quantitative estimate of drug-likeness (QED) is 0.766. The molecule has 2 aliphatic heterocycles. The Balaban J connectivity index is 2.04. The standard InChI is InChI=1S/C15H29NO/c1-12(2,3)9-10-15(8,16-10)13(4,5)11-14(6,7)17-11/h10-11,16H,9H2,1-8H3. The largest absolute Gasteiger partial charge is 0.366 e. The van der Waals surface area contributed by atoms with E-state index in [0.29, 0.717) is 17.6 Å². The molecule has 0 radical (unpaired) electrons. The fourth-order valence-electron chi connectivity index (χ4n) is 3.38. The average Bonchev–Trinajstić information content (AvgIpc) is 2.88. The van der Waals surface area contributed by atoms with Crippen LogP contribution in [-0.4, -0.2) is 23.3 Å². The second-order valence-electron chi connectivity index (χ2n) is 8.49. The predicted molar refractivity (Wildman–Crippen MR) is 72.1 cm³/mol. The van der Waals surface area contributed by atoms with Crippen LogP contribution in [-0.2, 0) is 4.74 Å². The van der Waals surface area contributed by atoms with E-state index >= 15 is 0 Å². The predicted octanol–water partition coefficient (Wildman–Crippen LogP) is 3.36. The monoisotopic (exact) mass is 239 g/mol. The highest BCUT2D eigenvalue weighted by Gasteiger charge is 2.69. The molecule has 2 fully saturated rings. The van der Waals surface area contributed by atoms with E-state index in [-0.39, 0.29) is 16.6 Å². The smallest absolute Gasteiger partial charge is 0.0936 e. The summed E-state index contributed by atoms with van der Waals surface area (Å²) in [7, 11) is 0. The van der Waals surface area contributed by atoms with Crippen LogP contribution < -0.4 is 5.32 Å². The number of ether oxygens (including phenoxy) is 1. The Hall–Kier alpha value is -0.0800. The minimum absolute atomic E-state index is 0.0725. The van der Waals surface area contributed by atoms with Crippen LogP contribution in [0, 0.1) is 10.8 Å². The van der Waals surface area contributed by atoms with Crippen molar-refractivity contribution in [2.24, 2.45) is 10.8 Å². The molecule has 0 aromatic heterocycles. The van der Waals surface area contributed by atoms with Gasteiger partial charge in [-0.15, -0.1) is 0 Å². The summed E-state index contributed by atoms with van der Waals surface area (Å²) in [6.07, 6.45) is 1.62. The molecule has 3 unspecified atom stereocenters. The molecule has 17 heavy (non-hydrogen) atoms. The van der Waals surface area contributed by atoms with Crippen molar-refractivity contribution in [3.63, 3.8) is 0 Å². The third-order valence-corrected chi connectivity index (χ3v) is 4.89. The van der Waals surface area contributed by atoms with E-state index in [1.807, 2.05) is 0 Å². The molecule has 0 bridgehead atoms. The van der Waals surface area contributed by atoms with Crippen molar-refractivity contribution in [1.29, 1.82) is 0 Å². The van der Waals surface area contributed by atoms with E-state index in [1.165, 1.54) is 6.42 Å². The van der Waals surface area contributed by atoms with Gasteiger partial charge in [0.25, 0.3) is 0 Å². The maximum atomic E-state index is 5.87. The van der Waals surface area contributed by atoms with Gasteiger partial charge in [0, 0.05) is 17.0 Å². The van der Waals surface area contributed by atoms with Crippen molar-refractivity contribution in [2.45, 2.75) is 85.1 Å². The summed E-state index contributed by atoms with van der Waals surface area (Å²) < 4.78 is 5.87. The Morgan fingerprint density at radius 2 is 1.53 bits per heavy atom. The van der Waals surface area contributed by atoms with E-state index in [1.54, 1.807) is 0 Å². The Bertz CT molecular complexity index is 326. The highest BCUT2D eigenvalue weighted by Crippen LogP contribution is 2.57. The summed E-state index contributed by atoms with van der Waals surface area (Å²) in [6, 6.07) is 0.637. The molecule has 0 aromatic carbocycles. The summed E-state index contributed by atoms with van der Waals surface area (Å²) in [5, 5.41) is 3.72. The van der Waals surface area contributed by atoms with Crippen molar-refractivity contribution >= 4 is 0 Å². The Labute approximate surface area is 107 Å². The van der Waals surface area contributed by atoms with Gasteiger partial charge >= 0.3 is 0 Å². The second-order valence-corrected chi connectivity index (χ2v) is 8.49. The van der Waals surface area contributed by atoms with Crippen LogP contribution >= 0.6 is 0 Å². The molecule has 3 atom stereocenters. The van der Waals surface area contributed by atoms with Gasteiger partial charge in [0.1, 0.15) is 0 Å². The molecule has 2 heteroatoms. The third kappa shape index (κ3) is 2.15. The second kappa shape index (κ2) is 3.27. The molecule has 2 heterocycles. The lowest BCUT2D eigenvalue weighted by Gasteiger charge is -2.32. The summed E-state index contributed by atoms with van der Waals surface area (Å²) in [6.45, 7) is 18.4. The van der Waals surface area contributed by atoms with Gasteiger partial charge in [0.05, 0.1) is 11.7 Å². The molecule has 2 rings (SSSR count). The summed E-state index contributed by atoms with van der Waals surface area (Å²) in [4.78, 5) is 0. The van der Waals surface area contributed by atoms with Gasteiger partial charge in [-0.3, -0.25) is 0 Å². The molecule has 2 nitrogen and oxygen atoms in total. The van der Waals surface area contributed by atoms with Gasteiger partial charge in [0.15, 0.2) is 0 Å². The molecule has 0 aromatic rings. The summed E-state index contributed by atoms with van der Waals surface area (Å²) in [5.41, 5.74) is 0.902. The van der Waals surface area contributed by atoms with Gasteiger partial charge in [-0.1, -0.05) is 34.6 Å². The zero-order chi connectivity index (χ0) is 13.3. The first-order valence-corrected chi connectivity index (χ1v) is 6.86. The molecule has 2 aliphatic rings. The molecule has 2 saturated heterocycles. The highest BCUT2D eigenvalue weighted by atomic mass is 16.6. The van der Waals surface area contributed by atoms with Crippen molar-refractivity contribution in [1.82, 2.24) is 5.32 Å². The first kappa shape index (κ1) is 13.4. The lowest BCUT2D eigenvalue weighted by Crippen LogP contribution is -2.41. The molecule has 0 aliphatic carbocycles. The van der Waals surface area contributed by atoms with Crippen molar-refractivity contribution in [2.75, 3.05) is 0 Å². The summed E-state index contributed by atoms with van der Waals surface area (Å²) >= 11 is 0. The number of hydrogen-bond acceptors (Lipinski definition) is 2. The highest BCUT2D eigenvalue weighted by molar-refractivity contribution is 5.24. The van der Waals surface area contributed by atoms with Crippen LogP contribution in [0.1, 0.15) is 61.8 Å². The Kier molecular flexibility index (Phi) is 2.57. The zero-order valence-corrected chi connectivity index (χ0v) is 12.8. The molecule has 0 saturated carbocycles. The molecular formula is C15H29NO. The Morgan fingerprint density at radius 3 is 1.88 bits per heavy atom. The van der Waals surface area contributed by atoms with E-state index in [0.717, 1.165) is 0 Å². The van der Waals surface area contributed by atoms with Gasteiger partial charge < -0.3 is 10.1 Å². The molecular weight excluding hydrogens is 210 g/mol. The van der Waals surface area contributed by atoms with Crippen LogP contribution in [0.5, 0.6) is 0 Å². The number of hydrogen-bond donors (Lipinski definition) is 1. The van der Waals surface area contributed by atoms with Crippen molar-refractivity contribution < 1.29 is 4.74 Å². The summed E-state index contributed by atoms with van der Waals surface area (Å²) in [5.74, 6) is 0. The minimum atomic E-state index is 0.0725. The number of epoxide rings is 1. The van der Waals surface area contributed by atoms with Crippen LogP contribution in [0.25, 0.3) is 0 Å². The molecule has 1 N–H and O–H groups in total. The lowest BCUT2D eigenvalue weighted by atomic mass is 9.70. The average molecular weight is 239 g/mol. The maximum absolute atomic E-state index is 5.87. The van der Waals surface area contributed by atoms with Gasteiger partial charge in [-0.05, 0) is 32.6 Å². The fraction of sp³-hybridized carbons (Fsp3) is 1.00. The van der Waals surface area contributed by atoms with Crippen LogP contribution in [0.2, 0.25) is 0 Å². The van der Waals surface area contributed by atoms with E-state index in [4.69, 9.17) is 4.74 Å². The van der Waals surface area contributed by atoms with Crippen molar-refractivity contribution in [3.05, 3.63) is 0 Å². The fourth-order valence-corrected chi connectivity index (χ4v) is 3.38. The van der Waals surface area contributed by atoms with Crippen LogP contribution in [0.4, 0.5) is 0 Å². The zero-order valence-electron chi connectivity index (χ0n) is 12.8. The maximum Gasteiger partial charge on any atom is 0.0936 e. The number of rotatable bonds is 3. The van der Waals surface area contributed by atoms with Gasteiger partial charge in [0.2, 0.25) is 0 Å². The lowest BCUT2D eigenvalue weighted by molar-refractivity contribution is 0.178. The van der Waals surface area contributed by atoms with E-state index < -0.39 is 0 Å². The topological polar surface area (TPSA) is 34.5 Å². The minimum Gasteiger partial charge on any atom is -0.366 e. The van der Waals surface area contributed by atoms with E-state index in [2.05, 4.69) is 60.7 Å². The SMILES string of the molecule is CC(C)(C)CC1NC1(C)C(C)(C)C1OC1(C)C. The van der Waals surface area contributed by atoms with Crippen LogP contribution in [0.3, 0.4) is 0 Å². The molecule has 100 valence electrons. The molecule has 0 spiro atoms. The van der Waals surface area contributed by atoms with Gasteiger partial charge in [-0.2, -0.15) is 0 Å². The first-order chi connectivity index (χ1) is 7.40. The first-order valence-electron chi connectivity index (χ1n) is 6.86. The Morgan fingerprint density at radius 1 is 1.06 bits per heavy atom. The number of nitrogens with one attached hydrogen (secondary N) is 1.